The average molecular weight is 493 g/mol. The maximum atomic E-state index is 12.7. The predicted octanol–water partition coefficient (Wildman–Crippen LogP) is 4.38. The first-order valence-electron chi connectivity index (χ1n) is 12.7. The number of ether oxygens (including phenoxy) is 1. The second-order valence-corrected chi connectivity index (χ2v) is 11.5. The molecule has 36 heavy (non-hydrogen) atoms. The van der Waals surface area contributed by atoms with E-state index in [0.29, 0.717) is 25.3 Å². The highest BCUT2D eigenvalue weighted by Gasteiger charge is 2.33. The minimum atomic E-state index is -0.130. The van der Waals surface area contributed by atoms with Crippen molar-refractivity contribution in [1.82, 2.24) is 30.4 Å². The van der Waals surface area contributed by atoms with E-state index in [0.717, 1.165) is 40.0 Å². The topological polar surface area (TPSA) is 96.9 Å². The Bertz CT molecular complexity index is 1350. The Morgan fingerprint density at radius 3 is 2.58 bits per heavy atom. The number of aromatic nitrogens is 4. The molecule has 4 rings (SSSR count). The van der Waals surface area contributed by atoms with Gasteiger partial charge in [-0.15, -0.1) is 0 Å². The van der Waals surface area contributed by atoms with Crippen molar-refractivity contribution in [2.24, 2.45) is 0 Å². The van der Waals surface area contributed by atoms with Gasteiger partial charge in [-0.1, -0.05) is 6.08 Å². The predicted molar refractivity (Wildman–Crippen MR) is 145 cm³/mol. The summed E-state index contributed by atoms with van der Waals surface area (Å²) in [5, 5.41) is 12.9. The lowest BCUT2D eigenvalue weighted by molar-refractivity contribution is 0.183. The number of rotatable bonds is 8. The van der Waals surface area contributed by atoms with Gasteiger partial charge in [0.25, 0.3) is 5.56 Å². The SMILES string of the molecule is COCc1cc(C)[nH]c(=O)c1CNCc1cc(C2=CC(C)(C)NC(C)(C)C2)nc2c1cnn2C(C)C. The van der Waals surface area contributed by atoms with Crippen LogP contribution in [0.4, 0.5) is 0 Å². The first-order valence-corrected chi connectivity index (χ1v) is 12.7. The van der Waals surface area contributed by atoms with Crippen LogP contribution in [-0.2, 0) is 24.4 Å². The zero-order chi connectivity index (χ0) is 26.3. The Hall–Kier alpha value is -2.81. The molecule has 4 heterocycles. The highest BCUT2D eigenvalue weighted by molar-refractivity contribution is 5.82. The number of aryl methyl sites for hydroxylation is 1. The number of hydrogen-bond donors (Lipinski definition) is 3. The monoisotopic (exact) mass is 492 g/mol. The lowest BCUT2D eigenvalue weighted by atomic mass is 9.82. The van der Waals surface area contributed by atoms with E-state index in [1.807, 2.05) is 23.9 Å². The summed E-state index contributed by atoms with van der Waals surface area (Å²) in [7, 11) is 1.65. The molecule has 1 aliphatic heterocycles. The number of aromatic amines is 1. The zero-order valence-corrected chi connectivity index (χ0v) is 22.9. The van der Waals surface area contributed by atoms with Crippen molar-refractivity contribution in [2.45, 2.75) is 91.7 Å². The highest BCUT2D eigenvalue weighted by atomic mass is 16.5. The second kappa shape index (κ2) is 9.92. The van der Waals surface area contributed by atoms with Gasteiger partial charge in [-0.2, -0.15) is 5.10 Å². The van der Waals surface area contributed by atoms with Crippen molar-refractivity contribution in [2.75, 3.05) is 7.11 Å². The Morgan fingerprint density at radius 2 is 1.92 bits per heavy atom. The van der Waals surface area contributed by atoms with Gasteiger partial charge in [0.05, 0.1) is 18.5 Å². The number of nitrogens with zero attached hydrogens (tertiary/aromatic N) is 3. The molecular weight excluding hydrogens is 452 g/mol. The molecule has 0 bridgehead atoms. The first-order chi connectivity index (χ1) is 16.9. The molecule has 1 aliphatic rings. The van der Waals surface area contributed by atoms with Gasteiger partial charge in [0.2, 0.25) is 0 Å². The molecule has 0 aliphatic carbocycles. The van der Waals surface area contributed by atoms with Gasteiger partial charge in [-0.05, 0) is 83.7 Å². The molecule has 3 aromatic rings. The van der Waals surface area contributed by atoms with Crippen LogP contribution in [0, 0.1) is 6.92 Å². The first kappa shape index (κ1) is 26.3. The van der Waals surface area contributed by atoms with Crippen LogP contribution in [0.3, 0.4) is 0 Å². The van der Waals surface area contributed by atoms with Crippen molar-refractivity contribution < 1.29 is 4.74 Å². The van der Waals surface area contributed by atoms with Crippen LogP contribution in [0.25, 0.3) is 16.6 Å². The van der Waals surface area contributed by atoms with Crippen molar-refractivity contribution in [1.29, 1.82) is 0 Å². The second-order valence-electron chi connectivity index (χ2n) is 11.5. The van der Waals surface area contributed by atoms with Crippen LogP contribution in [0.5, 0.6) is 0 Å². The third-order valence-electron chi connectivity index (χ3n) is 6.58. The van der Waals surface area contributed by atoms with E-state index in [-0.39, 0.29) is 22.7 Å². The van der Waals surface area contributed by atoms with E-state index in [9.17, 15) is 4.79 Å². The molecule has 8 heteroatoms. The van der Waals surface area contributed by atoms with E-state index in [2.05, 4.69) is 74.4 Å². The number of hydrogen-bond acceptors (Lipinski definition) is 6. The molecule has 0 radical (unpaired) electrons. The Balaban J connectivity index is 1.71. The van der Waals surface area contributed by atoms with Crippen LogP contribution in [0.2, 0.25) is 0 Å². The highest BCUT2D eigenvalue weighted by Crippen LogP contribution is 2.34. The third kappa shape index (κ3) is 5.61. The lowest BCUT2D eigenvalue weighted by Gasteiger charge is -2.41. The lowest BCUT2D eigenvalue weighted by Crippen LogP contribution is -2.53. The van der Waals surface area contributed by atoms with Crippen LogP contribution in [-0.4, -0.2) is 37.9 Å². The van der Waals surface area contributed by atoms with Crippen molar-refractivity contribution >= 4 is 16.6 Å². The standard InChI is InChI=1S/C28H40N6O2/c1-17(2)34-25-22(15-30-34)19(10-24(32-25)21-11-27(4,5)33-28(6,7)12-21)13-29-14-23-20(16-36-8)9-18(3)31-26(23)35/h9-11,15,17,29,33H,12-14,16H2,1-8H3,(H,31,35). The van der Waals surface area contributed by atoms with Gasteiger partial charge in [-0.25, -0.2) is 9.67 Å². The number of nitrogens with one attached hydrogen (secondary N) is 3. The van der Waals surface area contributed by atoms with Crippen molar-refractivity contribution in [3.63, 3.8) is 0 Å². The molecule has 8 nitrogen and oxygen atoms in total. The quantitative estimate of drug-likeness (QED) is 0.432. The Kier molecular flexibility index (Phi) is 7.23. The molecular formula is C28H40N6O2. The van der Waals surface area contributed by atoms with E-state index < -0.39 is 0 Å². The number of methoxy groups -OCH3 is 1. The van der Waals surface area contributed by atoms with E-state index in [1.54, 1.807) is 7.11 Å². The molecule has 0 spiro atoms. The molecule has 0 fully saturated rings. The summed E-state index contributed by atoms with van der Waals surface area (Å²) in [5.41, 5.74) is 6.43. The number of pyridine rings is 2. The summed E-state index contributed by atoms with van der Waals surface area (Å²) in [6, 6.07) is 4.36. The van der Waals surface area contributed by atoms with E-state index >= 15 is 0 Å². The van der Waals surface area contributed by atoms with E-state index in [1.165, 1.54) is 5.57 Å². The molecule has 0 aromatic carbocycles. The van der Waals surface area contributed by atoms with Crippen LogP contribution < -0.4 is 16.2 Å². The number of H-pyrrole nitrogens is 1. The summed E-state index contributed by atoms with van der Waals surface area (Å²) < 4.78 is 7.32. The molecule has 0 unspecified atom stereocenters. The maximum Gasteiger partial charge on any atom is 0.252 e. The number of fused-ring (bicyclic) bond motifs is 1. The molecule has 0 saturated heterocycles. The summed E-state index contributed by atoms with van der Waals surface area (Å²) in [6.45, 7) is 16.4. The van der Waals surface area contributed by atoms with Crippen molar-refractivity contribution in [3.05, 3.63) is 62.8 Å². The molecule has 0 atom stereocenters. The third-order valence-corrected chi connectivity index (χ3v) is 6.58. The van der Waals surface area contributed by atoms with Gasteiger partial charge in [0.1, 0.15) is 0 Å². The molecule has 0 amide bonds. The average Bonchev–Trinajstić information content (AvgIpc) is 3.18. The largest absolute Gasteiger partial charge is 0.380 e. The Labute approximate surface area is 213 Å². The van der Waals surface area contributed by atoms with Crippen LogP contribution in [0.15, 0.2) is 29.2 Å². The molecule has 3 aromatic heterocycles. The molecule has 3 N–H and O–H groups in total. The summed E-state index contributed by atoms with van der Waals surface area (Å²) in [6.07, 6.45) is 5.09. The Morgan fingerprint density at radius 1 is 1.17 bits per heavy atom. The molecule has 0 saturated carbocycles. The van der Waals surface area contributed by atoms with Crippen LogP contribution >= 0.6 is 0 Å². The van der Waals surface area contributed by atoms with Gasteiger partial charge in [-0.3, -0.25) is 4.79 Å². The summed E-state index contributed by atoms with van der Waals surface area (Å²) in [4.78, 5) is 20.7. The minimum Gasteiger partial charge on any atom is -0.380 e. The van der Waals surface area contributed by atoms with Gasteiger partial charge >= 0.3 is 0 Å². The smallest absolute Gasteiger partial charge is 0.252 e. The van der Waals surface area contributed by atoms with Crippen molar-refractivity contribution in [3.8, 4) is 0 Å². The summed E-state index contributed by atoms with van der Waals surface area (Å²) >= 11 is 0. The van der Waals surface area contributed by atoms with Gasteiger partial charge < -0.3 is 20.4 Å². The van der Waals surface area contributed by atoms with Gasteiger partial charge in [0, 0.05) is 54.0 Å². The fourth-order valence-electron chi connectivity index (χ4n) is 5.44. The maximum absolute atomic E-state index is 12.7. The minimum absolute atomic E-state index is 0.0366. The molecule has 194 valence electrons. The fraction of sp³-hybridized carbons (Fsp3) is 0.536. The fourth-order valence-corrected chi connectivity index (χ4v) is 5.44. The summed E-state index contributed by atoms with van der Waals surface area (Å²) in [5.74, 6) is 0. The normalized spacial score (nSPS) is 17.1. The van der Waals surface area contributed by atoms with E-state index in [4.69, 9.17) is 9.72 Å². The van der Waals surface area contributed by atoms with Gasteiger partial charge in [0.15, 0.2) is 5.65 Å². The zero-order valence-electron chi connectivity index (χ0n) is 22.9. The van der Waals surface area contributed by atoms with Crippen LogP contribution in [0.1, 0.15) is 82.1 Å².